The van der Waals surface area contributed by atoms with Crippen LogP contribution in [0.2, 0.25) is 0 Å². The summed E-state index contributed by atoms with van der Waals surface area (Å²) in [6.07, 6.45) is 0.998. The van der Waals surface area contributed by atoms with E-state index >= 15 is 0 Å². The van der Waals surface area contributed by atoms with Gasteiger partial charge in [0.05, 0.1) is 6.61 Å². The highest BCUT2D eigenvalue weighted by Gasteiger charge is 1.93. The fraction of sp³-hybridized carbons (Fsp3) is 1.00. The van der Waals surface area contributed by atoms with Crippen LogP contribution >= 0.6 is 11.6 Å². The molecule has 0 fully saturated rings. The number of halogens is 1. The summed E-state index contributed by atoms with van der Waals surface area (Å²) in [5, 5.41) is 8.46. The van der Waals surface area contributed by atoms with E-state index in [-0.39, 0.29) is 6.61 Å². The minimum absolute atomic E-state index is 0.235. The van der Waals surface area contributed by atoms with Crippen LogP contribution in [0.5, 0.6) is 0 Å². The molecule has 0 aromatic rings. The molecule has 0 saturated carbocycles. The third-order valence-corrected chi connectivity index (χ3v) is 1.42. The molecule has 0 aliphatic carbocycles. The molecule has 0 saturated heterocycles. The van der Waals surface area contributed by atoms with Crippen LogP contribution in [-0.2, 0) is 0 Å². The predicted molar refractivity (Wildman–Crippen MR) is 39.9 cm³/mol. The van der Waals surface area contributed by atoms with Crippen LogP contribution in [0.4, 0.5) is 0 Å². The molecule has 0 unspecified atom stereocenters. The van der Waals surface area contributed by atoms with Crippen molar-refractivity contribution in [1.82, 2.24) is 4.90 Å². The monoisotopic (exact) mass is 151 g/mol. The van der Waals surface area contributed by atoms with Gasteiger partial charge in [0.1, 0.15) is 0 Å². The lowest BCUT2D eigenvalue weighted by Crippen LogP contribution is -2.23. The fourth-order valence-electron chi connectivity index (χ4n) is 0.612. The first-order chi connectivity index (χ1) is 4.31. The molecule has 0 aromatic carbocycles. The number of nitrogens with zero attached hydrogens (tertiary/aromatic N) is 1. The second-order valence-electron chi connectivity index (χ2n) is 2.07. The Morgan fingerprint density at radius 1 is 1.44 bits per heavy atom. The van der Waals surface area contributed by atoms with Crippen molar-refractivity contribution in [2.75, 3.05) is 32.6 Å². The molecule has 0 bridgehead atoms. The summed E-state index contributed by atoms with van der Waals surface area (Å²) in [4.78, 5) is 2.06. The van der Waals surface area contributed by atoms with E-state index in [0.29, 0.717) is 5.88 Å². The van der Waals surface area contributed by atoms with E-state index in [1.165, 1.54) is 0 Å². The predicted octanol–water partition coefficient (Wildman–Crippen LogP) is 0.539. The van der Waals surface area contributed by atoms with Crippen LogP contribution < -0.4 is 0 Å². The lowest BCUT2D eigenvalue weighted by atomic mass is 10.4. The Balaban J connectivity index is 2.95. The van der Waals surface area contributed by atoms with Crippen LogP contribution in [0.1, 0.15) is 6.42 Å². The molecule has 0 amide bonds. The maximum absolute atomic E-state index is 8.46. The third kappa shape index (κ3) is 6.09. The van der Waals surface area contributed by atoms with Crippen LogP contribution in [0, 0.1) is 0 Å². The van der Waals surface area contributed by atoms with Crippen LogP contribution in [0.25, 0.3) is 0 Å². The number of likely N-dealkylation sites (N-methyl/N-ethyl adjacent to an activating group) is 1. The van der Waals surface area contributed by atoms with Gasteiger partial charge < -0.3 is 10.0 Å². The first-order valence-corrected chi connectivity index (χ1v) is 3.70. The van der Waals surface area contributed by atoms with Crippen molar-refractivity contribution in [3.63, 3.8) is 0 Å². The van der Waals surface area contributed by atoms with Gasteiger partial charge in [0.2, 0.25) is 0 Å². The van der Waals surface area contributed by atoms with Gasteiger partial charge in [-0.25, -0.2) is 0 Å². The average Bonchev–Trinajstić information content (AvgIpc) is 1.85. The van der Waals surface area contributed by atoms with Crippen molar-refractivity contribution in [3.8, 4) is 0 Å². The Kier molecular flexibility index (Phi) is 6.48. The Morgan fingerprint density at radius 3 is 2.56 bits per heavy atom. The van der Waals surface area contributed by atoms with Gasteiger partial charge in [0, 0.05) is 12.4 Å². The summed E-state index contributed by atoms with van der Waals surface area (Å²) in [6, 6.07) is 0. The molecular formula is C6H14ClNO. The number of alkyl halides is 1. The lowest BCUT2D eigenvalue weighted by molar-refractivity contribution is 0.222. The molecule has 0 radical (unpaired) electrons. The summed E-state index contributed by atoms with van der Waals surface area (Å²) < 4.78 is 0. The van der Waals surface area contributed by atoms with Crippen LogP contribution in [0.15, 0.2) is 0 Å². The Bertz CT molecular complexity index is 61.0. The number of aliphatic hydroxyl groups is 1. The highest BCUT2D eigenvalue weighted by Crippen LogP contribution is 1.88. The molecule has 0 spiro atoms. The van der Waals surface area contributed by atoms with Gasteiger partial charge in [-0.2, -0.15) is 0 Å². The molecule has 0 rings (SSSR count). The zero-order chi connectivity index (χ0) is 7.11. The lowest BCUT2D eigenvalue weighted by Gasteiger charge is -2.12. The summed E-state index contributed by atoms with van der Waals surface area (Å²) in [5.41, 5.74) is 0. The van der Waals surface area contributed by atoms with Crippen molar-refractivity contribution in [3.05, 3.63) is 0 Å². The second kappa shape index (κ2) is 6.33. The third-order valence-electron chi connectivity index (χ3n) is 1.16. The van der Waals surface area contributed by atoms with E-state index in [4.69, 9.17) is 16.7 Å². The number of rotatable bonds is 5. The first kappa shape index (κ1) is 9.21. The van der Waals surface area contributed by atoms with E-state index in [1.807, 2.05) is 7.05 Å². The van der Waals surface area contributed by atoms with Gasteiger partial charge >= 0.3 is 0 Å². The number of hydrogen-bond donors (Lipinski definition) is 1. The van der Waals surface area contributed by atoms with Gasteiger partial charge in [0.15, 0.2) is 0 Å². The molecule has 0 aliphatic heterocycles. The summed E-state index contributed by atoms with van der Waals surface area (Å²) in [6.45, 7) is 1.96. The van der Waals surface area contributed by atoms with Crippen molar-refractivity contribution in [2.24, 2.45) is 0 Å². The second-order valence-corrected chi connectivity index (χ2v) is 2.45. The van der Waals surface area contributed by atoms with Gasteiger partial charge in [-0.05, 0) is 20.0 Å². The SMILES string of the molecule is CN(CCO)CCCCl. The van der Waals surface area contributed by atoms with Crippen molar-refractivity contribution in [2.45, 2.75) is 6.42 Å². The van der Waals surface area contributed by atoms with Gasteiger partial charge in [-0.1, -0.05) is 0 Å². The van der Waals surface area contributed by atoms with E-state index in [0.717, 1.165) is 19.5 Å². The molecule has 1 N–H and O–H groups in total. The molecule has 0 heterocycles. The van der Waals surface area contributed by atoms with Crippen molar-refractivity contribution in [1.29, 1.82) is 0 Å². The molecule has 0 atom stereocenters. The highest BCUT2D eigenvalue weighted by molar-refractivity contribution is 6.17. The molecular weight excluding hydrogens is 138 g/mol. The van der Waals surface area contributed by atoms with E-state index in [9.17, 15) is 0 Å². The smallest absolute Gasteiger partial charge is 0.0558 e. The molecule has 2 nitrogen and oxygen atoms in total. The maximum atomic E-state index is 8.46. The maximum Gasteiger partial charge on any atom is 0.0558 e. The Morgan fingerprint density at radius 2 is 2.11 bits per heavy atom. The highest BCUT2D eigenvalue weighted by atomic mass is 35.5. The number of hydrogen-bond acceptors (Lipinski definition) is 2. The average molecular weight is 152 g/mol. The van der Waals surface area contributed by atoms with E-state index < -0.39 is 0 Å². The normalized spacial score (nSPS) is 10.7. The van der Waals surface area contributed by atoms with Crippen molar-refractivity contribution >= 4 is 11.6 Å². The number of aliphatic hydroxyl groups excluding tert-OH is 1. The first-order valence-electron chi connectivity index (χ1n) is 3.16. The molecule has 0 aromatic heterocycles. The largest absolute Gasteiger partial charge is 0.395 e. The van der Waals surface area contributed by atoms with Gasteiger partial charge in [0.25, 0.3) is 0 Å². The van der Waals surface area contributed by atoms with Crippen LogP contribution in [0.3, 0.4) is 0 Å². The van der Waals surface area contributed by atoms with Gasteiger partial charge in [-0.3, -0.25) is 0 Å². The Hall–Kier alpha value is 0.210. The molecule has 9 heavy (non-hydrogen) atoms. The standard InChI is InChI=1S/C6H14ClNO/c1-8(5-6-9)4-2-3-7/h9H,2-6H2,1H3. The quantitative estimate of drug-likeness (QED) is 0.580. The minimum Gasteiger partial charge on any atom is -0.395 e. The van der Waals surface area contributed by atoms with Gasteiger partial charge in [-0.15, -0.1) is 11.6 Å². The molecule has 56 valence electrons. The van der Waals surface area contributed by atoms with E-state index in [1.54, 1.807) is 0 Å². The Labute approximate surface area is 61.4 Å². The molecule has 3 heteroatoms. The van der Waals surface area contributed by atoms with E-state index in [2.05, 4.69) is 4.90 Å². The zero-order valence-corrected chi connectivity index (χ0v) is 6.56. The zero-order valence-electron chi connectivity index (χ0n) is 5.81. The molecule has 0 aliphatic rings. The van der Waals surface area contributed by atoms with Crippen molar-refractivity contribution < 1.29 is 5.11 Å². The minimum atomic E-state index is 0.235. The van der Waals surface area contributed by atoms with Crippen LogP contribution in [-0.4, -0.2) is 42.6 Å². The summed E-state index contributed by atoms with van der Waals surface area (Å²) >= 11 is 5.46. The fourth-order valence-corrected chi connectivity index (χ4v) is 0.732. The summed E-state index contributed by atoms with van der Waals surface area (Å²) in [7, 11) is 1.97. The summed E-state index contributed by atoms with van der Waals surface area (Å²) in [5.74, 6) is 0.704. The topological polar surface area (TPSA) is 23.5 Å².